The predicted octanol–water partition coefficient (Wildman–Crippen LogP) is 2.91. The van der Waals surface area contributed by atoms with E-state index in [9.17, 15) is 0 Å². The predicted molar refractivity (Wildman–Crippen MR) is 60.9 cm³/mol. The Morgan fingerprint density at radius 2 is 2.00 bits per heavy atom. The largest absolute Gasteiger partial charge is 0.396 e. The number of aliphatic hydroxyl groups is 1. The van der Waals surface area contributed by atoms with E-state index in [0.717, 1.165) is 23.6 Å². The quantitative estimate of drug-likeness (QED) is 0.789. The summed E-state index contributed by atoms with van der Waals surface area (Å²) in [6.45, 7) is 2.36. The van der Waals surface area contributed by atoms with Crippen LogP contribution in [-0.2, 0) is 0 Å². The number of halogens is 1. The van der Waals surface area contributed by atoms with E-state index in [1.165, 1.54) is 0 Å². The number of anilines is 1. The summed E-state index contributed by atoms with van der Waals surface area (Å²) in [5.41, 5.74) is 1.07. The van der Waals surface area contributed by atoms with Crippen LogP contribution >= 0.6 is 11.6 Å². The number of aliphatic hydroxyl groups excluding tert-OH is 1. The van der Waals surface area contributed by atoms with Crippen LogP contribution < -0.4 is 5.32 Å². The highest BCUT2D eigenvalue weighted by molar-refractivity contribution is 6.30. The van der Waals surface area contributed by atoms with Crippen LogP contribution in [0.3, 0.4) is 0 Å². The van der Waals surface area contributed by atoms with Gasteiger partial charge < -0.3 is 10.4 Å². The summed E-state index contributed by atoms with van der Waals surface area (Å²) < 4.78 is 0. The highest BCUT2D eigenvalue weighted by Crippen LogP contribution is 2.15. The molecule has 0 heterocycles. The van der Waals surface area contributed by atoms with Crippen molar-refractivity contribution in [3.63, 3.8) is 0 Å². The maximum absolute atomic E-state index is 8.67. The van der Waals surface area contributed by atoms with E-state index in [2.05, 4.69) is 12.2 Å². The van der Waals surface area contributed by atoms with Gasteiger partial charge in [-0.05, 0) is 44.0 Å². The zero-order chi connectivity index (χ0) is 10.4. The highest BCUT2D eigenvalue weighted by Gasteiger charge is 2.00. The number of rotatable bonds is 5. The van der Waals surface area contributed by atoms with Gasteiger partial charge in [0.25, 0.3) is 0 Å². The highest BCUT2D eigenvalue weighted by atomic mass is 35.5. The Labute approximate surface area is 89.9 Å². The van der Waals surface area contributed by atoms with Gasteiger partial charge >= 0.3 is 0 Å². The van der Waals surface area contributed by atoms with E-state index in [1.807, 2.05) is 24.3 Å². The third-order valence-corrected chi connectivity index (χ3v) is 2.30. The molecule has 0 fully saturated rings. The number of hydrogen-bond donors (Lipinski definition) is 2. The molecule has 1 unspecified atom stereocenters. The molecule has 3 heteroatoms. The molecule has 0 bridgehead atoms. The fraction of sp³-hybridized carbons (Fsp3) is 0.455. The molecule has 0 saturated heterocycles. The molecule has 0 aliphatic carbocycles. The van der Waals surface area contributed by atoms with E-state index < -0.39 is 0 Å². The molecule has 2 N–H and O–H groups in total. The van der Waals surface area contributed by atoms with Crippen LogP contribution in [0.1, 0.15) is 19.8 Å². The Kier molecular flexibility index (Phi) is 4.77. The van der Waals surface area contributed by atoms with Gasteiger partial charge in [-0.3, -0.25) is 0 Å². The Morgan fingerprint density at radius 1 is 1.36 bits per heavy atom. The standard InChI is InChI=1S/C11H16ClNO/c1-9(3-2-8-14)13-11-6-4-10(12)5-7-11/h4-7,9,13-14H,2-3,8H2,1H3. The van der Waals surface area contributed by atoms with Crippen molar-refractivity contribution in [2.45, 2.75) is 25.8 Å². The van der Waals surface area contributed by atoms with Gasteiger partial charge in [-0.15, -0.1) is 0 Å². The van der Waals surface area contributed by atoms with Gasteiger partial charge in [0.1, 0.15) is 0 Å². The van der Waals surface area contributed by atoms with Gasteiger partial charge in [-0.1, -0.05) is 11.6 Å². The van der Waals surface area contributed by atoms with E-state index in [4.69, 9.17) is 16.7 Å². The molecule has 0 saturated carbocycles. The van der Waals surface area contributed by atoms with Crippen molar-refractivity contribution in [2.75, 3.05) is 11.9 Å². The average Bonchev–Trinajstić information content (AvgIpc) is 2.18. The molecular formula is C11H16ClNO. The summed E-state index contributed by atoms with van der Waals surface area (Å²) in [6, 6.07) is 8.02. The minimum Gasteiger partial charge on any atom is -0.396 e. The van der Waals surface area contributed by atoms with E-state index in [1.54, 1.807) is 0 Å². The third-order valence-electron chi connectivity index (χ3n) is 2.05. The summed E-state index contributed by atoms with van der Waals surface area (Å²) in [5, 5.41) is 12.8. The molecule has 0 spiro atoms. The molecular weight excluding hydrogens is 198 g/mol. The molecule has 78 valence electrons. The second-order valence-electron chi connectivity index (χ2n) is 3.42. The lowest BCUT2D eigenvalue weighted by Crippen LogP contribution is -2.15. The minimum absolute atomic E-state index is 0.257. The molecule has 2 nitrogen and oxygen atoms in total. The van der Waals surface area contributed by atoms with Crippen LogP contribution in [0.25, 0.3) is 0 Å². The maximum atomic E-state index is 8.67. The average molecular weight is 214 g/mol. The Hall–Kier alpha value is -0.730. The second kappa shape index (κ2) is 5.89. The summed E-state index contributed by atoms with van der Waals surface area (Å²) in [6.07, 6.45) is 1.81. The molecule has 1 atom stereocenters. The summed E-state index contributed by atoms with van der Waals surface area (Å²) >= 11 is 5.77. The molecule has 0 aliphatic rings. The lowest BCUT2D eigenvalue weighted by Gasteiger charge is -2.14. The van der Waals surface area contributed by atoms with Crippen molar-refractivity contribution in [2.24, 2.45) is 0 Å². The Bertz CT molecular complexity index is 260. The molecule has 1 aromatic rings. The molecule has 1 rings (SSSR count). The Balaban J connectivity index is 2.39. The molecule has 14 heavy (non-hydrogen) atoms. The van der Waals surface area contributed by atoms with Crippen molar-refractivity contribution in [1.82, 2.24) is 0 Å². The van der Waals surface area contributed by atoms with Gasteiger partial charge in [-0.25, -0.2) is 0 Å². The van der Waals surface area contributed by atoms with Gasteiger partial charge in [-0.2, -0.15) is 0 Å². The van der Waals surface area contributed by atoms with Gasteiger partial charge in [0.05, 0.1) is 0 Å². The summed E-state index contributed by atoms with van der Waals surface area (Å²) in [7, 11) is 0. The van der Waals surface area contributed by atoms with E-state index >= 15 is 0 Å². The zero-order valence-electron chi connectivity index (χ0n) is 8.33. The number of hydrogen-bond acceptors (Lipinski definition) is 2. The molecule has 0 amide bonds. The van der Waals surface area contributed by atoms with Crippen LogP contribution in [-0.4, -0.2) is 17.8 Å². The first-order valence-corrected chi connectivity index (χ1v) is 5.23. The lowest BCUT2D eigenvalue weighted by molar-refractivity contribution is 0.282. The first-order valence-electron chi connectivity index (χ1n) is 4.85. The topological polar surface area (TPSA) is 32.3 Å². The SMILES string of the molecule is CC(CCCO)Nc1ccc(Cl)cc1. The number of benzene rings is 1. The fourth-order valence-electron chi connectivity index (χ4n) is 1.30. The third kappa shape index (κ3) is 3.99. The van der Waals surface area contributed by atoms with Crippen LogP contribution in [0.5, 0.6) is 0 Å². The smallest absolute Gasteiger partial charge is 0.0431 e. The fourth-order valence-corrected chi connectivity index (χ4v) is 1.43. The molecule has 0 aliphatic heterocycles. The van der Waals surface area contributed by atoms with Gasteiger partial charge in [0.2, 0.25) is 0 Å². The summed E-state index contributed by atoms with van der Waals surface area (Å²) in [5.74, 6) is 0. The van der Waals surface area contributed by atoms with Crippen molar-refractivity contribution in [1.29, 1.82) is 0 Å². The van der Waals surface area contributed by atoms with Crippen molar-refractivity contribution >= 4 is 17.3 Å². The van der Waals surface area contributed by atoms with Gasteiger partial charge in [0.15, 0.2) is 0 Å². The van der Waals surface area contributed by atoms with Crippen molar-refractivity contribution in [3.8, 4) is 0 Å². The van der Waals surface area contributed by atoms with Crippen molar-refractivity contribution < 1.29 is 5.11 Å². The van der Waals surface area contributed by atoms with Crippen LogP contribution in [0, 0.1) is 0 Å². The molecule has 0 radical (unpaired) electrons. The van der Waals surface area contributed by atoms with E-state index in [-0.39, 0.29) is 6.61 Å². The van der Waals surface area contributed by atoms with Crippen molar-refractivity contribution in [3.05, 3.63) is 29.3 Å². The Morgan fingerprint density at radius 3 is 2.57 bits per heavy atom. The molecule has 0 aromatic heterocycles. The maximum Gasteiger partial charge on any atom is 0.0431 e. The first-order chi connectivity index (χ1) is 6.72. The zero-order valence-corrected chi connectivity index (χ0v) is 9.09. The van der Waals surface area contributed by atoms with Crippen LogP contribution in [0.2, 0.25) is 5.02 Å². The lowest BCUT2D eigenvalue weighted by atomic mass is 10.2. The normalized spacial score (nSPS) is 12.5. The van der Waals surface area contributed by atoms with Crippen LogP contribution in [0.15, 0.2) is 24.3 Å². The molecule has 1 aromatic carbocycles. The van der Waals surface area contributed by atoms with Gasteiger partial charge in [0, 0.05) is 23.4 Å². The minimum atomic E-state index is 0.257. The first kappa shape index (κ1) is 11.3. The number of nitrogens with one attached hydrogen (secondary N) is 1. The monoisotopic (exact) mass is 213 g/mol. The van der Waals surface area contributed by atoms with Crippen LogP contribution in [0.4, 0.5) is 5.69 Å². The van der Waals surface area contributed by atoms with E-state index in [0.29, 0.717) is 6.04 Å². The second-order valence-corrected chi connectivity index (χ2v) is 3.85. The summed E-state index contributed by atoms with van der Waals surface area (Å²) in [4.78, 5) is 0.